The van der Waals surface area contributed by atoms with Crippen LogP contribution in [-0.4, -0.2) is 99.1 Å². The lowest BCUT2D eigenvalue weighted by molar-refractivity contribution is -0.160. The number of likely N-dealkylation sites (tertiary alicyclic amines) is 1. The third-order valence-electron chi connectivity index (χ3n) is 13.5. The molecular formula is C49H60N4O11. The number of ether oxygens (including phenoxy) is 4. The summed E-state index contributed by atoms with van der Waals surface area (Å²) in [5.74, 6) is -6.99. The maximum atomic E-state index is 14.8. The molecule has 4 heterocycles. The number of esters is 1. The Bertz CT molecular complexity index is 2550. The molecule has 0 saturated carbocycles. The van der Waals surface area contributed by atoms with Crippen molar-refractivity contribution in [1.82, 2.24) is 4.90 Å². The van der Waals surface area contributed by atoms with Crippen LogP contribution in [0.5, 0.6) is 17.2 Å². The van der Waals surface area contributed by atoms with E-state index >= 15 is 0 Å². The van der Waals surface area contributed by atoms with E-state index in [4.69, 9.17) is 28.9 Å². The van der Waals surface area contributed by atoms with Crippen molar-refractivity contribution in [3.05, 3.63) is 93.9 Å². The Kier molecular flexibility index (Phi) is 13.1. The quantitative estimate of drug-likeness (QED) is 0.167. The molecular weight excluding hydrogens is 821 g/mol. The van der Waals surface area contributed by atoms with Gasteiger partial charge >= 0.3 is 11.8 Å². The summed E-state index contributed by atoms with van der Waals surface area (Å²) in [6, 6.07) is 10.1. The molecule has 4 aliphatic rings. The molecule has 9 unspecified atom stereocenters. The predicted octanol–water partition coefficient (Wildman–Crippen LogP) is 5.29. The Balaban J connectivity index is 1.37. The number of aliphatic hydroxyl groups is 2. The number of phenolic OH excluding ortho intramolecular Hbond substituents is 2. The minimum absolute atomic E-state index is 0.0265. The fourth-order valence-corrected chi connectivity index (χ4v) is 9.50. The fraction of sp³-hybridized carbons (Fsp3) is 0.490. The summed E-state index contributed by atoms with van der Waals surface area (Å²) in [6.07, 6.45) is 4.92. The minimum Gasteiger partial charge on any atom is -0.507 e. The number of ketones is 1. The van der Waals surface area contributed by atoms with Crippen LogP contribution in [-0.2, 0) is 30.3 Å². The lowest BCUT2D eigenvalue weighted by atomic mass is 9.78. The van der Waals surface area contributed by atoms with Crippen LogP contribution in [0.25, 0.3) is 10.8 Å². The van der Waals surface area contributed by atoms with Crippen molar-refractivity contribution < 1.29 is 53.8 Å². The summed E-state index contributed by atoms with van der Waals surface area (Å²) in [5.41, 5.74) is 0.523. The number of nitrogens with zero attached hydrogens (tertiary/aromatic N) is 3. The predicted molar refractivity (Wildman–Crippen MR) is 238 cm³/mol. The molecule has 4 bridgehead atoms. The summed E-state index contributed by atoms with van der Waals surface area (Å²) >= 11 is 0. The Morgan fingerprint density at radius 1 is 0.922 bits per heavy atom. The molecule has 342 valence electrons. The first-order valence-corrected chi connectivity index (χ1v) is 21.9. The van der Waals surface area contributed by atoms with Crippen LogP contribution >= 0.6 is 0 Å². The van der Waals surface area contributed by atoms with Crippen LogP contribution in [0.2, 0.25) is 0 Å². The highest BCUT2D eigenvalue weighted by Gasteiger charge is 2.50. The van der Waals surface area contributed by atoms with Crippen molar-refractivity contribution in [1.29, 1.82) is 0 Å². The first kappa shape index (κ1) is 46.4. The van der Waals surface area contributed by atoms with E-state index in [9.17, 15) is 34.8 Å². The number of rotatable bonds is 4. The second kappa shape index (κ2) is 18.1. The summed E-state index contributed by atoms with van der Waals surface area (Å²) in [4.78, 5) is 53.9. The molecule has 64 heavy (non-hydrogen) atoms. The molecule has 9 atom stereocenters. The number of nitrogens with one attached hydrogen (secondary N) is 1. The van der Waals surface area contributed by atoms with E-state index in [2.05, 4.69) is 22.3 Å². The number of Topliss-reactive ketones (excluding diaryl/α,β-unsaturated/α-hetero) is 1. The SMILES string of the molecule is COC1/C=C/OC2(C)Oc3c(C)c(O)c4c(O)c(c5c(c4c3C2=O)=NC2(CCN(Cc3ccccc3)CC2)N=5)NC(=O)/C(C)=C\C=C\C(C)C(O)C(C)C(O)C(C)C(OC(C)=O)C1C. The van der Waals surface area contributed by atoms with Gasteiger partial charge in [0, 0.05) is 93.6 Å². The van der Waals surface area contributed by atoms with E-state index in [0.717, 1.165) is 6.54 Å². The molecule has 1 spiro atoms. The number of piperidine rings is 1. The number of allylic oxidation sites excluding steroid dienone is 2. The Morgan fingerprint density at radius 3 is 2.25 bits per heavy atom. The van der Waals surface area contributed by atoms with Crippen LogP contribution in [0, 0.1) is 30.6 Å². The number of hydrogen-bond acceptors (Lipinski definition) is 14. The molecule has 3 aromatic carbocycles. The monoisotopic (exact) mass is 880 g/mol. The number of benzene rings is 3. The molecule has 5 N–H and O–H groups in total. The van der Waals surface area contributed by atoms with Gasteiger partial charge in [0.1, 0.15) is 28.6 Å². The molecule has 0 radical (unpaired) electrons. The van der Waals surface area contributed by atoms with Crippen molar-refractivity contribution in [2.24, 2.45) is 33.7 Å². The number of carbonyl (C=O) groups is 3. The van der Waals surface area contributed by atoms with Crippen molar-refractivity contribution >= 4 is 34.1 Å². The van der Waals surface area contributed by atoms with E-state index in [1.54, 1.807) is 65.8 Å². The first-order chi connectivity index (χ1) is 30.3. The number of aliphatic hydroxyl groups excluding tert-OH is 2. The summed E-state index contributed by atoms with van der Waals surface area (Å²) in [7, 11) is 1.47. The number of carbonyl (C=O) groups excluding carboxylic acids is 3. The molecule has 7 rings (SSSR count). The van der Waals surface area contributed by atoms with Gasteiger partial charge in [-0.25, -0.2) is 0 Å². The van der Waals surface area contributed by atoms with E-state index < -0.39 is 82.9 Å². The number of phenols is 2. The molecule has 3 aromatic rings. The molecule has 1 fully saturated rings. The van der Waals surface area contributed by atoms with Gasteiger partial charge in [0.25, 0.3) is 11.7 Å². The van der Waals surface area contributed by atoms with Crippen LogP contribution in [0.3, 0.4) is 0 Å². The standard InChI is InChI=1S/C49H60N4O11/c1-25-14-13-15-26(2)47(60)50-39-38-37(51-49(52-38)19-21-53(22-20-49)24-32-16-11-10-12-17-32)34-35(43(39)58)42(57)30(6)45-36(34)46(59)48(8,64-45)62-23-18-33(61-9)27(3)44(63-31(7)54)29(5)41(56)28(4)40(25)55/h10-18,23,25,27-29,33,40-41,44,55-58H,19-22,24H2,1-9H3,(H,50,60)/b14-13+,23-18+,26-15-. The molecule has 1 amide bonds. The Morgan fingerprint density at radius 2 is 1.59 bits per heavy atom. The number of hydrogen-bond donors (Lipinski definition) is 5. The highest BCUT2D eigenvalue weighted by Crippen LogP contribution is 2.50. The van der Waals surface area contributed by atoms with Gasteiger partial charge in [-0.15, -0.1) is 0 Å². The van der Waals surface area contributed by atoms with Gasteiger partial charge in [-0.05, 0) is 25.5 Å². The lowest BCUT2D eigenvalue weighted by Gasteiger charge is -2.38. The second-order valence-electron chi connectivity index (χ2n) is 18.0. The van der Waals surface area contributed by atoms with Crippen LogP contribution in [0.15, 0.2) is 76.5 Å². The summed E-state index contributed by atoms with van der Waals surface area (Å²) < 4.78 is 24.0. The summed E-state index contributed by atoms with van der Waals surface area (Å²) in [5, 5.41) is 50.3. The number of anilines is 1. The second-order valence-corrected chi connectivity index (χ2v) is 18.0. The van der Waals surface area contributed by atoms with Gasteiger partial charge in [0.05, 0.1) is 40.9 Å². The van der Waals surface area contributed by atoms with Gasteiger partial charge in [0.2, 0.25) is 0 Å². The number of methoxy groups -OCH3 is 1. The van der Waals surface area contributed by atoms with Crippen molar-refractivity contribution in [2.45, 2.75) is 111 Å². The van der Waals surface area contributed by atoms with Gasteiger partial charge in [-0.2, -0.15) is 0 Å². The molecule has 0 aliphatic carbocycles. The lowest BCUT2D eigenvalue weighted by Crippen LogP contribution is -2.46. The third kappa shape index (κ3) is 8.53. The molecule has 0 aromatic heterocycles. The van der Waals surface area contributed by atoms with Crippen LogP contribution in [0.4, 0.5) is 5.69 Å². The highest BCUT2D eigenvalue weighted by molar-refractivity contribution is 6.19. The molecule has 15 heteroatoms. The number of amides is 1. The van der Waals surface area contributed by atoms with Crippen molar-refractivity contribution in [2.75, 3.05) is 25.5 Å². The number of aromatic hydroxyl groups is 2. The third-order valence-corrected chi connectivity index (χ3v) is 13.5. The molecule has 4 aliphatic heterocycles. The van der Waals surface area contributed by atoms with Gasteiger partial charge in [0.15, 0.2) is 11.4 Å². The zero-order valence-electron chi connectivity index (χ0n) is 37.9. The minimum atomic E-state index is -1.97. The smallest absolute Gasteiger partial charge is 0.312 e. The largest absolute Gasteiger partial charge is 0.507 e. The van der Waals surface area contributed by atoms with Gasteiger partial charge in [-0.3, -0.25) is 29.3 Å². The fourth-order valence-electron chi connectivity index (χ4n) is 9.50. The van der Waals surface area contributed by atoms with Crippen LogP contribution in [0.1, 0.15) is 82.8 Å². The van der Waals surface area contributed by atoms with E-state index in [1.165, 1.54) is 32.8 Å². The number of fused-ring (bicyclic) bond motifs is 1. The highest BCUT2D eigenvalue weighted by atomic mass is 16.7. The van der Waals surface area contributed by atoms with E-state index in [-0.39, 0.29) is 55.4 Å². The Hall–Kier alpha value is -5.61. The molecule has 1 saturated heterocycles. The average molecular weight is 881 g/mol. The van der Waals surface area contributed by atoms with Gasteiger partial charge in [-0.1, -0.05) is 76.3 Å². The topological polar surface area (TPSA) is 209 Å². The van der Waals surface area contributed by atoms with Crippen molar-refractivity contribution in [3.8, 4) is 17.2 Å². The molecule has 15 nitrogen and oxygen atoms in total. The normalized spacial score (nSPS) is 31.5. The van der Waals surface area contributed by atoms with Crippen LogP contribution < -0.4 is 20.8 Å². The maximum absolute atomic E-state index is 14.8. The zero-order valence-corrected chi connectivity index (χ0v) is 37.9. The van der Waals surface area contributed by atoms with E-state index in [0.29, 0.717) is 25.9 Å². The van der Waals surface area contributed by atoms with Gasteiger partial charge < -0.3 is 44.7 Å². The average Bonchev–Trinajstić information content (AvgIpc) is 3.77. The summed E-state index contributed by atoms with van der Waals surface area (Å²) in [6.45, 7) is 14.9. The maximum Gasteiger partial charge on any atom is 0.312 e. The van der Waals surface area contributed by atoms with E-state index in [1.807, 2.05) is 18.2 Å². The van der Waals surface area contributed by atoms with Crippen molar-refractivity contribution in [3.63, 3.8) is 0 Å². The first-order valence-electron chi connectivity index (χ1n) is 21.9. The zero-order chi connectivity index (χ0) is 46.4. The Labute approximate surface area is 372 Å².